The molecule has 82 valence electrons. The minimum Gasteiger partial charge on any atom is -0.479 e. The number of halogens is 1. The summed E-state index contributed by atoms with van der Waals surface area (Å²) in [6.45, 7) is 5.17. The van der Waals surface area contributed by atoms with Gasteiger partial charge in [-0.15, -0.1) is 0 Å². The van der Waals surface area contributed by atoms with E-state index in [1.165, 1.54) is 6.92 Å². The predicted molar refractivity (Wildman–Crippen MR) is 58.7 cm³/mol. The summed E-state index contributed by atoms with van der Waals surface area (Å²) in [6.07, 6.45) is -0.858. The van der Waals surface area contributed by atoms with E-state index in [0.717, 1.165) is 11.1 Å². The van der Waals surface area contributed by atoms with Crippen LogP contribution >= 0.6 is 11.6 Å². The molecule has 1 aromatic carbocycles. The number of benzene rings is 1. The molecule has 4 heteroatoms. The van der Waals surface area contributed by atoms with Gasteiger partial charge in [-0.25, -0.2) is 4.79 Å². The van der Waals surface area contributed by atoms with E-state index >= 15 is 0 Å². The van der Waals surface area contributed by atoms with Crippen molar-refractivity contribution in [1.29, 1.82) is 0 Å². The molecule has 1 N–H and O–H groups in total. The second-order valence-corrected chi connectivity index (χ2v) is 3.90. The summed E-state index contributed by atoms with van der Waals surface area (Å²) in [4.78, 5) is 10.6. The minimum absolute atomic E-state index is 0.592. The minimum atomic E-state index is -0.983. The lowest BCUT2D eigenvalue weighted by molar-refractivity contribution is -0.144. The lowest BCUT2D eigenvalue weighted by Gasteiger charge is -2.15. The number of hydrogen-bond donors (Lipinski definition) is 1. The Morgan fingerprint density at radius 3 is 2.27 bits per heavy atom. The molecule has 0 saturated carbocycles. The summed E-state index contributed by atoms with van der Waals surface area (Å²) >= 11 is 5.85. The topological polar surface area (TPSA) is 46.5 Å². The van der Waals surface area contributed by atoms with Gasteiger partial charge in [-0.3, -0.25) is 0 Å². The molecular formula is C11H13ClO3. The molecule has 0 amide bonds. The largest absolute Gasteiger partial charge is 0.479 e. The van der Waals surface area contributed by atoms with Gasteiger partial charge in [0.05, 0.1) is 0 Å². The first-order valence-electron chi connectivity index (χ1n) is 4.58. The fraction of sp³-hybridized carbons (Fsp3) is 0.364. The van der Waals surface area contributed by atoms with Gasteiger partial charge in [-0.1, -0.05) is 11.6 Å². The Hall–Kier alpha value is -1.22. The highest BCUT2D eigenvalue weighted by Crippen LogP contribution is 2.27. The maximum Gasteiger partial charge on any atom is 0.344 e. The van der Waals surface area contributed by atoms with Crippen LogP contribution in [0.1, 0.15) is 18.1 Å². The maximum absolute atomic E-state index is 10.6. The summed E-state index contributed by atoms with van der Waals surface area (Å²) in [5.41, 5.74) is 1.68. The highest BCUT2D eigenvalue weighted by molar-refractivity contribution is 6.30. The normalized spacial score (nSPS) is 12.3. The third kappa shape index (κ3) is 2.86. The quantitative estimate of drug-likeness (QED) is 0.866. The van der Waals surface area contributed by atoms with Gasteiger partial charge in [0.15, 0.2) is 6.10 Å². The molecule has 0 fully saturated rings. The van der Waals surface area contributed by atoms with Gasteiger partial charge >= 0.3 is 5.97 Å². The Morgan fingerprint density at radius 2 is 1.87 bits per heavy atom. The summed E-state index contributed by atoms with van der Waals surface area (Å²) in [7, 11) is 0. The number of carboxylic acid groups (broad SMARTS) is 1. The molecule has 0 spiro atoms. The van der Waals surface area contributed by atoms with Crippen LogP contribution in [0.15, 0.2) is 12.1 Å². The van der Waals surface area contributed by atoms with Crippen LogP contribution in [-0.2, 0) is 4.79 Å². The van der Waals surface area contributed by atoms with Gasteiger partial charge in [0.2, 0.25) is 0 Å². The van der Waals surface area contributed by atoms with Crippen LogP contribution < -0.4 is 4.74 Å². The first-order chi connectivity index (χ1) is 6.91. The van der Waals surface area contributed by atoms with Crippen LogP contribution in [0.25, 0.3) is 0 Å². The van der Waals surface area contributed by atoms with Crippen molar-refractivity contribution < 1.29 is 14.6 Å². The zero-order valence-corrected chi connectivity index (χ0v) is 9.63. The SMILES string of the molecule is Cc1cc(Cl)cc(C)c1OC(C)C(=O)O. The smallest absolute Gasteiger partial charge is 0.344 e. The number of aliphatic carboxylic acids is 1. The predicted octanol–water partition coefficient (Wildman–Crippen LogP) is 2.81. The standard InChI is InChI=1S/C11H13ClO3/c1-6-4-9(12)5-7(2)10(6)15-8(3)11(13)14/h4-5,8H,1-3H3,(H,13,14). The monoisotopic (exact) mass is 228 g/mol. The Bertz CT molecular complexity index is 364. The van der Waals surface area contributed by atoms with Gasteiger partial charge in [-0.05, 0) is 44.0 Å². The van der Waals surface area contributed by atoms with Crippen molar-refractivity contribution in [3.8, 4) is 5.75 Å². The highest BCUT2D eigenvalue weighted by atomic mass is 35.5. The van der Waals surface area contributed by atoms with Crippen LogP contribution in [0.3, 0.4) is 0 Å². The second-order valence-electron chi connectivity index (χ2n) is 3.47. The Morgan fingerprint density at radius 1 is 1.40 bits per heavy atom. The molecule has 0 aromatic heterocycles. The van der Waals surface area contributed by atoms with E-state index < -0.39 is 12.1 Å². The Labute approximate surface area is 93.6 Å². The van der Waals surface area contributed by atoms with Crippen molar-refractivity contribution >= 4 is 17.6 Å². The van der Waals surface area contributed by atoms with E-state index in [4.69, 9.17) is 21.4 Å². The van der Waals surface area contributed by atoms with Crippen LogP contribution in [0, 0.1) is 13.8 Å². The molecule has 3 nitrogen and oxygen atoms in total. The fourth-order valence-corrected chi connectivity index (χ4v) is 1.64. The van der Waals surface area contributed by atoms with E-state index in [9.17, 15) is 4.79 Å². The second kappa shape index (κ2) is 4.53. The molecule has 0 aliphatic rings. The fourth-order valence-electron chi connectivity index (χ4n) is 1.31. The van der Waals surface area contributed by atoms with Crippen molar-refractivity contribution in [1.82, 2.24) is 0 Å². The molecule has 1 atom stereocenters. The number of rotatable bonds is 3. The van der Waals surface area contributed by atoms with Crippen LogP contribution in [-0.4, -0.2) is 17.2 Å². The van der Waals surface area contributed by atoms with E-state index in [2.05, 4.69) is 0 Å². The number of carbonyl (C=O) groups is 1. The molecule has 0 radical (unpaired) electrons. The number of ether oxygens (including phenoxy) is 1. The molecule has 15 heavy (non-hydrogen) atoms. The Balaban J connectivity index is 3.00. The van der Waals surface area contributed by atoms with Crippen molar-refractivity contribution in [3.63, 3.8) is 0 Å². The van der Waals surface area contributed by atoms with Gasteiger partial charge in [0.1, 0.15) is 5.75 Å². The third-order valence-electron chi connectivity index (χ3n) is 2.07. The van der Waals surface area contributed by atoms with Crippen LogP contribution in [0.4, 0.5) is 0 Å². The van der Waals surface area contributed by atoms with E-state index in [1.54, 1.807) is 12.1 Å². The van der Waals surface area contributed by atoms with Crippen molar-refractivity contribution in [2.24, 2.45) is 0 Å². The van der Waals surface area contributed by atoms with E-state index in [-0.39, 0.29) is 0 Å². The third-order valence-corrected chi connectivity index (χ3v) is 2.29. The molecule has 1 aromatic rings. The summed E-state index contributed by atoms with van der Waals surface area (Å²) < 4.78 is 5.33. The molecule has 0 saturated heterocycles. The first-order valence-corrected chi connectivity index (χ1v) is 4.96. The lowest BCUT2D eigenvalue weighted by Crippen LogP contribution is -2.23. The van der Waals surface area contributed by atoms with Crippen LogP contribution in [0.2, 0.25) is 5.02 Å². The van der Waals surface area contributed by atoms with Gasteiger partial charge in [0.25, 0.3) is 0 Å². The number of hydrogen-bond acceptors (Lipinski definition) is 2. The molecule has 0 heterocycles. The Kier molecular flexibility index (Phi) is 3.58. The van der Waals surface area contributed by atoms with E-state index in [0.29, 0.717) is 10.8 Å². The molecule has 1 rings (SSSR count). The lowest BCUT2D eigenvalue weighted by atomic mass is 10.1. The molecule has 0 aliphatic heterocycles. The zero-order valence-electron chi connectivity index (χ0n) is 8.87. The van der Waals surface area contributed by atoms with Crippen molar-refractivity contribution in [2.45, 2.75) is 26.9 Å². The molecule has 1 unspecified atom stereocenters. The average molecular weight is 229 g/mol. The highest BCUT2D eigenvalue weighted by Gasteiger charge is 2.15. The van der Waals surface area contributed by atoms with Crippen molar-refractivity contribution in [3.05, 3.63) is 28.3 Å². The maximum atomic E-state index is 10.6. The number of carboxylic acids is 1. The zero-order chi connectivity index (χ0) is 11.6. The summed E-state index contributed by atoms with van der Waals surface area (Å²) in [5.74, 6) is -0.391. The summed E-state index contributed by atoms with van der Waals surface area (Å²) in [6, 6.07) is 3.50. The van der Waals surface area contributed by atoms with Gasteiger partial charge in [-0.2, -0.15) is 0 Å². The van der Waals surface area contributed by atoms with Crippen molar-refractivity contribution in [2.75, 3.05) is 0 Å². The molecular weight excluding hydrogens is 216 g/mol. The van der Waals surface area contributed by atoms with Gasteiger partial charge < -0.3 is 9.84 Å². The molecule has 0 aliphatic carbocycles. The molecule has 0 bridgehead atoms. The average Bonchev–Trinajstić information content (AvgIpc) is 2.10. The van der Waals surface area contributed by atoms with E-state index in [1.807, 2.05) is 13.8 Å². The first kappa shape index (κ1) is 11.9. The summed E-state index contributed by atoms with van der Waals surface area (Å²) in [5, 5.41) is 9.35. The number of aryl methyl sites for hydroxylation is 2. The van der Waals surface area contributed by atoms with Crippen LogP contribution in [0.5, 0.6) is 5.75 Å². The van der Waals surface area contributed by atoms with Gasteiger partial charge in [0, 0.05) is 5.02 Å².